The number of para-hydroxylation sites is 1. The highest BCUT2D eigenvalue weighted by atomic mass is 32.1. The molecule has 0 radical (unpaired) electrons. The number of esters is 1. The van der Waals surface area contributed by atoms with Crippen molar-refractivity contribution < 1.29 is 14.3 Å². The maximum atomic E-state index is 12.0. The summed E-state index contributed by atoms with van der Waals surface area (Å²) in [6.07, 6.45) is 0. The minimum atomic E-state index is -0.470. The fourth-order valence-electron chi connectivity index (χ4n) is 1.97. The molecule has 0 fully saturated rings. The second kappa shape index (κ2) is 5.83. The summed E-state index contributed by atoms with van der Waals surface area (Å²) < 4.78 is 10.4. The summed E-state index contributed by atoms with van der Waals surface area (Å²) in [5.41, 5.74) is 2.11. The highest BCUT2D eigenvalue weighted by molar-refractivity contribution is 7.71. The van der Waals surface area contributed by atoms with Gasteiger partial charge in [-0.3, -0.25) is 0 Å². The van der Waals surface area contributed by atoms with Crippen LogP contribution in [-0.4, -0.2) is 30.2 Å². The highest BCUT2D eigenvalue weighted by Crippen LogP contribution is 2.31. The number of nitrogens with one attached hydrogen (secondary N) is 1. The van der Waals surface area contributed by atoms with Crippen molar-refractivity contribution in [2.45, 2.75) is 6.92 Å². The third-order valence-corrected chi connectivity index (χ3v) is 3.06. The molecule has 1 aromatic heterocycles. The van der Waals surface area contributed by atoms with Crippen molar-refractivity contribution >= 4 is 18.2 Å². The smallest absolute Gasteiger partial charge is 0.341 e. The van der Waals surface area contributed by atoms with Crippen molar-refractivity contribution in [2.24, 2.45) is 0 Å². The number of nitrogens with zero attached hydrogens (tertiary/aromatic N) is 1. The van der Waals surface area contributed by atoms with Crippen LogP contribution >= 0.6 is 12.2 Å². The van der Waals surface area contributed by atoms with Gasteiger partial charge in [-0.25, -0.2) is 9.78 Å². The van der Waals surface area contributed by atoms with E-state index in [0.717, 1.165) is 0 Å². The maximum absolute atomic E-state index is 12.0. The fourth-order valence-corrected chi connectivity index (χ4v) is 2.22. The van der Waals surface area contributed by atoms with Crippen LogP contribution in [0.5, 0.6) is 5.75 Å². The second-order valence-corrected chi connectivity index (χ2v) is 4.47. The molecule has 0 saturated heterocycles. The summed E-state index contributed by atoms with van der Waals surface area (Å²) >= 11 is 5.09. The molecule has 20 heavy (non-hydrogen) atoms. The second-order valence-electron chi connectivity index (χ2n) is 4.08. The van der Waals surface area contributed by atoms with E-state index in [-0.39, 0.29) is 0 Å². The largest absolute Gasteiger partial charge is 0.496 e. The summed E-state index contributed by atoms with van der Waals surface area (Å²) in [6.45, 7) is 1.75. The zero-order valence-corrected chi connectivity index (χ0v) is 12.2. The van der Waals surface area contributed by atoms with Gasteiger partial charge in [-0.1, -0.05) is 12.1 Å². The minimum absolute atomic E-state index is 0.302. The van der Waals surface area contributed by atoms with Crippen molar-refractivity contribution in [1.82, 2.24) is 9.97 Å². The molecule has 0 spiro atoms. The number of rotatable bonds is 3. The van der Waals surface area contributed by atoms with E-state index < -0.39 is 5.97 Å². The molecule has 0 atom stereocenters. The SMILES string of the molecule is COC(=O)c1c(-c2ccccc2OC)nc(=S)[nH]c1C. The number of aromatic amines is 1. The van der Waals surface area contributed by atoms with Crippen LogP contribution in [0.3, 0.4) is 0 Å². The number of hydrogen-bond donors (Lipinski definition) is 1. The molecular weight excluding hydrogens is 276 g/mol. The summed E-state index contributed by atoms with van der Waals surface area (Å²) in [5.74, 6) is 0.146. The first kappa shape index (κ1) is 14.2. The zero-order chi connectivity index (χ0) is 14.7. The molecule has 104 valence electrons. The molecule has 0 bridgehead atoms. The van der Waals surface area contributed by atoms with E-state index in [1.165, 1.54) is 7.11 Å². The Morgan fingerprint density at radius 1 is 1.30 bits per heavy atom. The lowest BCUT2D eigenvalue weighted by Crippen LogP contribution is -2.10. The van der Waals surface area contributed by atoms with Crippen LogP contribution in [0.4, 0.5) is 0 Å². The van der Waals surface area contributed by atoms with Crippen molar-refractivity contribution in [1.29, 1.82) is 0 Å². The van der Waals surface area contributed by atoms with E-state index in [0.29, 0.717) is 33.0 Å². The van der Waals surface area contributed by atoms with Crippen molar-refractivity contribution in [3.8, 4) is 17.0 Å². The molecule has 0 aliphatic rings. The monoisotopic (exact) mass is 290 g/mol. The van der Waals surface area contributed by atoms with Crippen LogP contribution in [0, 0.1) is 11.7 Å². The van der Waals surface area contributed by atoms with Crippen molar-refractivity contribution in [3.63, 3.8) is 0 Å². The summed E-state index contributed by atoms with van der Waals surface area (Å²) in [6, 6.07) is 7.31. The molecule has 0 aliphatic carbocycles. The number of hydrogen-bond acceptors (Lipinski definition) is 5. The molecule has 2 aromatic rings. The first-order valence-corrected chi connectivity index (χ1v) is 6.32. The molecule has 1 aromatic carbocycles. The molecule has 0 aliphatic heterocycles. The molecule has 1 heterocycles. The normalized spacial score (nSPS) is 10.2. The Labute approximate surface area is 121 Å². The molecule has 5 nitrogen and oxygen atoms in total. The predicted octanol–water partition coefficient (Wildman–Crippen LogP) is 2.91. The van der Waals surface area contributed by atoms with E-state index in [1.807, 2.05) is 18.2 Å². The quantitative estimate of drug-likeness (QED) is 0.695. The molecule has 0 amide bonds. The number of carbonyl (C=O) groups is 1. The average molecular weight is 290 g/mol. The topological polar surface area (TPSA) is 64.2 Å². The van der Waals surface area contributed by atoms with E-state index in [9.17, 15) is 4.79 Å². The standard InChI is InChI=1S/C14H14N2O3S/c1-8-11(13(17)19-3)12(16-14(20)15-8)9-6-4-5-7-10(9)18-2/h4-7H,1-3H3,(H,15,16,20). The van der Waals surface area contributed by atoms with Crippen LogP contribution < -0.4 is 4.74 Å². The van der Waals surface area contributed by atoms with Gasteiger partial charge in [0.05, 0.1) is 19.9 Å². The van der Waals surface area contributed by atoms with Gasteiger partial charge in [-0.05, 0) is 31.3 Å². The molecular formula is C14H14N2O3S. The Morgan fingerprint density at radius 2 is 2.00 bits per heavy atom. The zero-order valence-electron chi connectivity index (χ0n) is 11.4. The number of ether oxygens (including phenoxy) is 2. The summed E-state index contributed by atoms with van der Waals surface area (Å²) in [5, 5.41) is 0. The number of aromatic nitrogens is 2. The van der Waals surface area contributed by atoms with Crippen LogP contribution in [0.1, 0.15) is 16.1 Å². The maximum Gasteiger partial charge on any atom is 0.341 e. The van der Waals surface area contributed by atoms with E-state index >= 15 is 0 Å². The number of benzene rings is 1. The van der Waals surface area contributed by atoms with Gasteiger partial charge in [0.15, 0.2) is 4.77 Å². The Bertz CT molecular complexity index is 710. The van der Waals surface area contributed by atoms with Gasteiger partial charge in [-0.2, -0.15) is 0 Å². The summed E-state index contributed by atoms with van der Waals surface area (Å²) in [4.78, 5) is 19.1. The van der Waals surface area contributed by atoms with Crippen LogP contribution in [-0.2, 0) is 4.74 Å². The lowest BCUT2D eigenvalue weighted by atomic mass is 10.0. The lowest BCUT2D eigenvalue weighted by molar-refractivity contribution is 0.0600. The number of carbonyl (C=O) groups excluding carboxylic acids is 1. The van der Waals surface area contributed by atoms with Crippen molar-refractivity contribution in [2.75, 3.05) is 14.2 Å². The van der Waals surface area contributed by atoms with Crippen LogP contribution in [0.15, 0.2) is 24.3 Å². The van der Waals surface area contributed by atoms with Gasteiger partial charge in [0.1, 0.15) is 11.3 Å². The minimum Gasteiger partial charge on any atom is -0.496 e. The van der Waals surface area contributed by atoms with Gasteiger partial charge < -0.3 is 14.5 Å². The summed E-state index contributed by atoms with van der Waals surface area (Å²) in [7, 11) is 2.89. The van der Waals surface area contributed by atoms with Crippen LogP contribution in [0.2, 0.25) is 0 Å². The Balaban J connectivity index is 2.79. The van der Waals surface area contributed by atoms with Crippen molar-refractivity contribution in [3.05, 3.63) is 40.3 Å². The third-order valence-electron chi connectivity index (χ3n) is 2.87. The van der Waals surface area contributed by atoms with E-state index in [2.05, 4.69) is 9.97 Å². The van der Waals surface area contributed by atoms with Gasteiger partial charge in [0, 0.05) is 11.3 Å². The Hall–Kier alpha value is -2.21. The lowest BCUT2D eigenvalue weighted by Gasteiger charge is -2.12. The molecule has 0 unspecified atom stereocenters. The van der Waals surface area contributed by atoms with Gasteiger partial charge in [0.2, 0.25) is 0 Å². The third kappa shape index (κ3) is 2.55. The molecule has 1 N–H and O–H groups in total. The highest BCUT2D eigenvalue weighted by Gasteiger charge is 2.20. The molecule has 0 saturated carbocycles. The first-order chi connectivity index (χ1) is 9.58. The fraction of sp³-hybridized carbons (Fsp3) is 0.214. The van der Waals surface area contributed by atoms with Crippen LogP contribution in [0.25, 0.3) is 11.3 Å². The van der Waals surface area contributed by atoms with Gasteiger partial charge >= 0.3 is 5.97 Å². The first-order valence-electron chi connectivity index (χ1n) is 5.91. The molecule has 2 rings (SSSR count). The predicted molar refractivity (Wildman–Crippen MR) is 77.5 cm³/mol. The Kier molecular flexibility index (Phi) is 4.14. The van der Waals surface area contributed by atoms with E-state index in [4.69, 9.17) is 21.7 Å². The number of methoxy groups -OCH3 is 2. The number of aryl methyl sites for hydroxylation is 1. The van der Waals surface area contributed by atoms with E-state index in [1.54, 1.807) is 20.1 Å². The van der Waals surface area contributed by atoms with Gasteiger partial charge in [-0.15, -0.1) is 0 Å². The molecule has 6 heteroatoms. The Morgan fingerprint density at radius 3 is 2.65 bits per heavy atom. The van der Waals surface area contributed by atoms with Gasteiger partial charge in [0.25, 0.3) is 0 Å². The number of H-pyrrole nitrogens is 1. The average Bonchev–Trinajstić information content (AvgIpc) is 2.45.